The maximum Gasteiger partial charge on any atom is 0.263 e. The summed E-state index contributed by atoms with van der Waals surface area (Å²) >= 11 is 1.49. The second kappa shape index (κ2) is 5.93. The van der Waals surface area contributed by atoms with Crippen LogP contribution in [0.1, 0.15) is 27.4 Å². The van der Waals surface area contributed by atoms with Gasteiger partial charge in [0.2, 0.25) is 5.91 Å². The van der Waals surface area contributed by atoms with Crippen molar-refractivity contribution in [2.45, 2.75) is 19.4 Å². The molecule has 2 aliphatic heterocycles. The van der Waals surface area contributed by atoms with Gasteiger partial charge in [0, 0.05) is 31.1 Å². The quantitative estimate of drug-likeness (QED) is 0.864. The molecule has 0 aliphatic carbocycles. The molecule has 2 fully saturated rings. The zero-order valence-electron chi connectivity index (χ0n) is 11.4. The summed E-state index contributed by atoms with van der Waals surface area (Å²) in [6, 6.07) is 3.81. The first-order valence-electron chi connectivity index (χ1n) is 7.10. The van der Waals surface area contributed by atoms with Crippen molar-refractivity contribution in [2.75, 3.05) is 26.2 Å². The molecule has 1 aromatic heterocycles. The van der Waals surface area contributed by atoms with Gasteiger partial charge < -0.3 is 15.5 Å². The van der Waals surface area contributed by atoms with Crippen LogP contribution in [0.5, 0.6) is 0 Å². The second-order valence-corrected chi connectivity index (χ2v) is 6.51. The molecular weight excluding hydrogens is 274 g/mol. The lowest BCUT2D eigenvalue weighted by Gasteiger charge is -2.25. The van der Waals surface area contributed by atoms with E-state index in [-0.39, 0.29) is 17.7 Å². The fraction of sp³-hybridized carbons (Fsp3) is 0.571. The lowest BCUT2D eigenvalue weighted by molar-refractivity contribution is -0.126. The maximum absolute atomic E-state index is 12.2. The zero-order valence-corrected chi connectivity index (χ0v) is 12.2. The molecule has 20 heavy (non-hydrogen) atoms. The maximum atomic E-state index is 12.2. The summed E-state index contributed by atoms with van der Waals surface area (Å²) in [5.41, 5.74) is 0. The molecule has 0 saturated carbocycles. The normalized spacial score (nSPS) is 18.9. The van der Waals surface area contributed by atoms with Crippen LogP contribution in [0.2, 0.25) is 0 Å². The van der Waals surface area contributed by atoms with E-state index >= 15 is 0 Å². The third-order valence-electron chi connectivity index (χ3n) is 3.85. The van der Waals surface area contributed by atoms with Gasteiger partial charge in [-0.2, -0.15) is 0 Å². The third-order valence-corrected chi connectivity index (χ3v) is 4.93. The molecule has 0 bridgehead atoms. The highest BCUT2D eigenvalue weighted by Gasteiger charge is 2.25. The molecule has 0 spiro atoms. The smallest absolute Gasteiger partial charge is 0.263 e. The highest BCUT2D eigenvalue weighted by Crippen LogP contribution is 2.20. The number of nitrogens with zero attached hydrogens (tertiary/aromatic N) is 1. The molecule has 6 heteroatoms. The van der Waals surface area contributed by atoms with Crippen LogP contribution in [0.15, 0.2) is 12.1 Å². The number of rotatable bonds is 4. The Balaban J connectivity index is 1.53. The molecule has 0 radical (unpaired) electrons. The van der Waals surface area contributed by atoms with E-state index in [4.69, 9.17) is 0 Å². The Hall–Kier alpha value is -1.40. The van der Waals surface area contributed by atoms with Gasteiger partial charge in [0.05, 0.1) is 17.3 Å². The Kier molecular flexibility index (Phi) is 4.03. The first-order valence-corrected chi connectivity index (χ1v) is 7.92. The fourth-order valence-electron chi connectivity index (χ4n) is 2.46. The Morgan fingerprint density at radius 1 is 1.30 bits per heavy atom. The number of amides is 2. The minimum absolute atomic E-state index is 0.101. The van der Waals surface area contributed by atoms with Crippen LogP contribution in [0.4, 0.5) is 0 Å². The van der Waals surface area contributed by atoms with Crippen molar-refractivity contribution in [1.29, 1.82) is 0 Å². The summed E-state index contributed by atoms with van der Waals surface area (Å²) in [6.07, 6.45) is 2.21. The van der Waals surface area contributed by atoms with Crippen LogP contribution in [-0.2, 0) is 11.3 Å². The molecule has 0 unspecified atom stereocenters. The second-order valence-electron chi connectivity index (χ2n) is 5.34. The van der Waals surface area contributed by atoms with Crippen LogP contribution >= 0.6 is 11.3 Å². The van der Waals surface area contributed by atoms with Gasteiger partial charge >= 0.3 is 0 Å². The van der Waals surface area contributed by atoms with Gasteiger partial charge in [0.25, 0.3) is 5.91 Å². The predicted molar refractivity (Wildman–Crippen MR) is 77.7 cm³/mol. The zero-order chi connectivity index (χ0) is 13.9. The highest BCUT2D eigenvalue weighted by molar-refractivity contribution is 7.14. The largest absolute Gasteiger partial charge is 0.351 e. The van der Waals surface area contributed by atoms with Crippen LogP contribution < -0.4 is 10.6 Å². The van der Waals surface area contributed by atoms with Crippen molar-refractivity contribution in [3.05, 3.63) is 21.9 Å². The van der Waals surface area contributed by atoms with Crippen LogP contribution in [0, 0.1) is 5.92 Å². The topological polar surface area (TPSA) is 61.4 Å². The first-order chi connectivity index (χ1) is 9.74. The van der Waals surface area contributed by atoms with Gasteiger partial charge in [-0.05, 0) is 25.0 Å². The third kappa shape index (κ3) is 2.86. The summed E-state index contributed by atoms with van der Waals surface area (Å²) < 4.78 is 0. The van der Waals surface area contributed by atoms with Crippen molar-refractivity contribution in [1.82, 2.24) is 15.5 Å². The van der Waals surface area contributed by atoms with E-state index < -0.39 is 0 Å². The van der Waals surface area contributed by atoms with Crippen molar-refractivity contribution < 1.29 is 9.59 Å². The van der Waals surface area contributed by atoms with Gasteiger partial charge in [0.15, 0.2) is 0 Å². The van der Waals surface area contributed by atoms with Crippen LogP contribution in [0.25, 0.3) is 0 Å². The number of carbonyl (C=O) groups excluding carboxylic acids is 2. The molecular formula is C14H19N3O2S. The standard InChI is InChI=1S/C14H19N3O2S/c18-13(10-7-15-8-10)16-9-11-3-4-12(20-11)14(19)17-5-1-2-6-17/h3-4,10,15H,1-2,5-9H2,(H,16,18). The van der Waals surface area contributed by atoms with Crippen molar-refractivity contribution in [3.8, 4) is 0 Å². The summed E-state index contributed by atoms with van der Waals surface area (Å²) in [5.74, 6) is 0.346. The Morgan fingerprint density at radius 2 is 2.05 bits per heavy atom. The first kappa shape index (κ1) is 13.6. The van der Waals surface area contributed by atoms with Crippen molar-refractivity contribution in [2.24, 2.45) is 5.92 Å². The van der Waals surface area contributed by atoms with E-state index in [1.807, 2.05) is 17.0 Å². The Bertz CT molecular complexity index is 504. The molecule has 2 saturated heterocycles. The molecule has 2 aliphatic rings. The van der Waals surface area contributed by atoms with Crippen molar-refractivity contribution >= 4 is 23.2 Å². The number of carbonyl (C=O) groups is 2. The minimum Gasteiger partial charge on any atom is -0.351 e. The van der Waals surface area contributed by atoms with E-state index in [1.54, 1.807) is 0 Å². The van der Waals surface area contributed by atoms with E-state index in [1.165, 1.54) is 11.3 Å². The van der Waals surface area contributed by atoms with E-state index in [0.717, 1.165) is 48.8 Å². The van der Waals surface area contributed by atoms with E-state index in [2.05, 4.69) is 10.6 Å². The molecule has 1 aromatic rings. The molecule has 2 N–H and O–H groups in total. The van der Waals surface area contributed by atoms with Gasteiger partial charge in [-0.3, -0.25) is 9.59 Å². The lowest BCUT2D eigenvalue weighted by atomic mass is 10.0. The molecule has 2 amide bonds. The number of nitrogens with one attached hydrogen (secondary N) is 2. The van der Waals surface area contributed by atoms with E-state index in [0.29, 0.717) is 6.54 Å². The van der Waals surface area contributed by atoms with Crippen molar-refractivity contribution in [3.63, 3.8) is 0 Å². The number of thiophene rings is 1. The van der Waals surface area contributed by atoms with Crippen LogP contribution in [0.3, 0.4) is 0 Å². The Morgan fingerprint density at radius 3 is 2.70 bits per heavy atom. The molecule has 3 rings (SSSR count). The lowest BCUT2D eigenvalue weighted by Crippen LogP contribution is -2.50. The molecule has 0 atom stereocenters. The molecule has 0 aromatic carbocycles. The minimum atomic E-state index is 0.101. The average molecular weight is 293 g/mol. The summed E-state index contributed by atoms with van der Waals surface area (Å²) in [5, 5.41) is 6.01. The molecule has 108 valence electrons. The van der Waals surface area contributed by atoms with Gasteiger partial charge in [-0.1, -0.05) is 0 Å². The van der Waals surface area contributed by atoms with E-state index in [9.17, 15) is 9.59 Å². The Labute approximate surface area is 122 Å². The SMILES string of the molecule is O=C(NCc1ccc(C(=O)N2CCCC2)s1)C1CNC1. The summed E-state index contributed by atoms with van der Waals surface area (Å²) in [7, 11) is 0. The van der Waals surface area contributed by atoms with Gasteiger partial charge in [-0.25, -0.2) is 0 Å². The summed E-state index contributed by atoms with van der Waals surface area (Å²) in [6.45, 7) is 3.81. The van der Waals surface area contributed by atoms with Gasteiger partial charge in [0.1, 0.15) is 0 Å². The number of hydrogen-bond acceptors (Lipinski definition) is 4. The number of likely N-dealkylation sites (tertiary alicyclic amines) is 1. The molecule has 3 heterocycles. The number of hydrogen-bond donors (Lipinski definition) is 2. The monoisotopic (exact) mass is 293 g/mol. The molecule has 5 nitrogen and oxygen atoms in total. The van der Waals surface area contributed by atoms with Gasteiger partial charge in [-0.15, -0.1) is 11.3 Å². The fourth-order valence-corrected chi connectivity index (χ4v) is 3.37. The van der Waals surface area contributed by atoms with Crippen LogP contribution in [-0.4, -0.2) is 42.9 Å². The highest BCUT2D eigenvalue weighted by atomic mass is 32.1. The average Bonchev–Trinajstić information content (AvgIpc) is 3.05. The summed E-state index contributed by atoms with van der Waals surface area (Å²) in [4.78, 5) is 27.7. The predicted octanol–water partition coefficient (Wildman–Crippen LogP) is 0.820.